The molecule has 0 radical (unpaired) electrons. The van der Waals surface area contributed by atoms with E-state index in [-0.39, 0.29) is 6.54 Å². The van der Waals surface area contributed by atoms with Gasteiger partial charge < -0.3 is 5.11 Å². The van der Waals surface area contributed by atoms with Gasteiger partial charge in [0.2, 0.25) is 0 Å². The number of carboxylic acids is 1. The van der Waals surface area contributed by atoms with Crippen molar-refractivity contribution in [2.45, 2.75) is 46.1 Å². The standard InChI is InChI=1S/C16H23NO2/c1-11-8-13(3)14(9-12(11)2)6-7-17(10-16(18)19)15-4-5-15/h8-9,15H,4-7,10H2,1-3H3,(H,18,19). The van der Waals surface area contributed by atoms with Crippen LogP contribution in [0.3, 0.4) is 0 Å². The Morgan fingerprint density at radius 3 is 2.42 bits per heavy atom. The van der Waals surface area contributed by atoms with Crippen molar-refractivity contribution in [3.63, 3.8) is 0 Å². The topological polar surface area (TPSA) is 40.5 Å². The normalized spacial score (nSPS) is 14.9. The zero-order valence-electron chi connectivity index (χ0n) is 12.1. The summed E-state index contributed by atoms with van der Waals surface area (Å²) in [6.45, 7) is 7.43. The molecule has 1 aliphatic carbocycles. The van der Waals surface area contributed by atoms with Crippen molar-refractivity contribution < 1.29 is 9.90 Å². The molecule has 0 bridgehead atoms. The van der Waals surface area contributed by atoms with Gasteiger partial charge in [-0.25, -0.2) is 0 Å². The Labute approximate surface area is 115 Å². The number of carboxylic acid groups (broad SMARTS) is 1. The predicted octanol–water partition coefficient (Wildman–Crippen LogP) is 2.70. The number of benzene rings is 1. The van der Waals surface area contributed by atoms with Gasteiger partial charge in [-0.2, -0.15) is 0 Å². The molecule has 1 aromatic rings. The first kappa shape index (κ1) is 14.1. The number of aryl methyl sites for hydroxylation is 3. The van der Waals surface area contributed by atoms with Gasteiger partial charge in [0.05, 0.1) is 6.54 Å². The summed E-state index contributed by atoms with van der Waals surface area (Å²) in [7, 11) is 0. The molecule has 1 N–H and O–H groups in total. The van der Waals surface area contributed by atoms with Crippen molar-refractivity contribution in [2.24, 2.45) is 0 Å². The van der Waals surface area contributed by atoms with Gasteiger partial charge in [0.25, 0.3) is 0 Å². The lowest BCUT2D eigenvalue weighted by Crippen LogP contribution is -2.33. The monoisotopic (exact) mass is 261 g/mol. The highest BCUT2D eigenvalue weighted by molar-refractivity contribution is 5.69. The molecule has 19 heavy (non-hydrogen) atoms. The molecule has 0 amide bonds. The van der Waals surface area contributed by atoms with Crippen LogP contribution in [0.1, 0.15) is 35.1 Å². The zero-order valence-corrected chi connectivity index (χ0v) is 12.1. The van der Waals surface area contributed by atoms with Crippen molar-refractivity contribution in [1.29, 1.82) is 0 Å². The number of aliphatic carboxylic acids is 1. The molecule has 0 saturated heterocycles. The van der Waals surface area contributed by atoms with Gasteiger partial charge in [-0.3, -0.25) is 9.69 Å². The maximum atomic E-state index is 10.9. The summed E-state index contributed by atoms with van der Waals surface area (Å²) < 4.78 is 0. The number of rotatable bonds is 6. The van der Waals surface area contributed by atoms with E-state index in [0.717, 1.165) is 25.8 Å². The van der Waals surface area contributed by atoms with Crippen LogP contribution in [-0.4, -0.2) is 35.1 Å². The third kappa shape index (κ3) is 3.80. The molecule has 104 valence electrons. The van der Waals surface area contributed by atoms with Crippen molar-refractivity contribution in [2.75, 3.05) is 13.1 Å². The Morgan fingerprint density at radius 1 is 1.21 bits per heavy atom. The lowest BCUT2D eigenvalue weighted by atomic mass is 9.98. The van der Waals surface area contributed by atoms with E-state index in [9.17, 15) is 4.79 Å². The third-order valence-corrected chi connectivity index (χ3v) is 4.02. The molecule has 3 heteroatoms. The zero-order chi connectivity index (χ0) is 14.0. The molecule has 0 aromatic heterocycles. The second-order valence-corrected chi connectivity index (χ2v) is 5.71. The lowest BCUT2D eigenvalue weighted by Gasteiger charge is -2.20. The first-order chi connectivity index (χ1) is 8.97. The number of nitrogens with zero attached hydrogens (tertiary/aromatic N) is 1. The minimum atomic E-state index is -0.719. The predicted molar refractivity (Wildman–Crippen MR) is 76.6 cm³/mol. The van der Waals surface area contributed by atoms with E-state index >= 15 is 0 Å². The second-order valence-electron chi connectivity index (χ2n) is 5.71. The van der Waals surface area contributed by atoms with Gasteiger partial charge in [-0.05, 0) is 62.3 Å². The summed E-state index contributed by atoms with van der Waals surface area (Å²) in [4.78, 5) is 13.0. The van der Waals surface area contributed by atoms with Gasteiger partial charge in [0.1, 0.15) is 0 Å². The van der Waals surface area contributed by atoms with Gasteiger partial charge >= 0.3 is 5.97 Å². The van der Waals surface area contributed by atoms with Gasteiger partial charge in [-0.1, -0.05) is 12.1 Å². The molecule has 1 aliphatic rings. The fraction of sp³-hybridized carbons (Fsp3) is 0.562. The molecule has 0 spiro atoms. The molecule has 0 aliphatic heterocycles. The van der Waals surface area contributed by atoms with Crippen LogP contribution in [0.2, 0.25) is 0 Å². The highest BCUT2D eigenvalue weighted by Crippen LogP contribution is 2.27. The van der Waals surface area contributed by atoms with E-state index in [0.29, 0.717) is 6.04 Å². The second kappa shape index (κ2) is 5.74. The van der Waals surface area contributed by atoms with Crippen LogP contribution in [-0.2, 0) is 11.2 Å². The summed E-state index contributed by atoms with van der Waals surface area (Å²) in [5.41, 5.74) is 5.30. The minimum Gasteiger partial charge on any atom is -0.480 e. The fourth-order valence-electron chi connectivity index (χ4n) is 2.56. The number of hydrogen-bond acceptors (Lipinski definition) is 2. The van der Waals surface area contributed by atoms with E-state index in [2.05, 4.69) is 37.8 Å². The van der Waals surface area contributed by atoms with Crippen LogP contribution >= 0.6 is 0 Å². The van der Waals surface area contributed by atoms with Crippen molar-refractivity contribution in [1.82, 2.24) is 4.90 Å². The summed E-state index contributed by atoms with van der Waals surface area (Å²) in [5.74, 6) is -0.719. The van der Waals surface area contributed by atoms with Crippen molar-refractivity contribution in [3.8, 4) is 0 Å². The Bertz CT molecular complexity index is 478. The first-order valence-electron chi connectivity index (χ1n) is 7.00. The van der Waals surface area contributed by atoms with E-state index in [1.165, 1.54) is 22.3 Å². The summed E-state index contributed by atoms with van der Waals surface area (Å²) in [6, 6.07) is 4.97. The molecule has 2 rings (SSSR count). The maximum absolute atomic E-state index is 10.9. The Morgan fingerprint density at radius 2 is 1.84 bits per heavy atom. The van der Waals surface area contributed by atoms with Gasteiger partial charge in [0.15, 0.2) is 0 Å². The smallest absolute Gasteiger partial charge is 0.317 e. The Balaban J connectivity index is 2.00. The van der Waals surface area contributed by atoms with Crippen LogP contribution in [0, 0.1) is 20.8 Å². The average Bonchev–Trinajstić information content (AvgIpc) is 3.14. The van der Waals surface area contributed by atoms with Gasteiger partial charge in [0, 0.05) is 12.6 Å². The first-order valence-corrected chi connectivity index (χ1v) is 7.00. The molecular weight excluding hydrogens is 238 g/mol. The van der Waals surface area contributed by atoms with Crippen LogP contribution in [0.15, 0.2) is 12.1 Å². The van der Waals surface area contributed by atoms with Gasteiger partial charge in [-0.15, -0.1) is 0 Å². The Kier molecular flexibility index (Phi) is 4.25. The fourth-order valence-corrected chi connectivity index (χ4v) is 2.56. The minimum absolute atomic E-state index is 0.175. The lowest BCUT2D eigenvalue weighted by molar-refractivity contribution is -0.138. The van der Waals surface area contributed by atoms with Crippen LogP contribution in [0.5, 0.6) is 0 Å². The molecule has 0 atom stereocenters. The van der Waals surface area contributed by atoms with E-state index < -0.39 is 5.97 Å². The number of hydrogen-bond donors (Lipinski definition) is 1. The molecule has 1 saturated carbocycles. The molecule has 1 aromatic carbocycles. The van der Waals surface area contributed by atoms with Crippen LogP contribution in [0.25, 0.3) is 0 Å². The van der Waals surface area contributed by atoms with Crippen molar-refractivity contribution in [3.05, 3.63) is 34.4 Å². The van der Waals surface area contributed by atoms with E-state index in [1.54, 1.807) is 0 Å². The third-order valence-electron chi connectivity index (χ3n) is 4.02. The van der Waals surface area contributed by atoms with Crippen LogP contribution < -0.4 is 0 Å². The molecule has 1 fully saturated rings. The molecular formula is C16H23NO2. The molecule has 0 heterocycles. The van der Waals surface area contributed by atoms with E-state index in [1.807, 2.05) is 0 Å². The van der Waals surface area contributed by atoms with E-state index in [4.69, 9.17) is 5.11 Å². The highest BCUT2D eigenvalue weighted by Gasteiger charge is 2.29. The highest BCUT2D eigenvalue weighted by atomic mass is 16.4. The number of carbonyl (C=O) groups is 1. The Hall–Kier alpha value is -1.35. The largest absolute Gasteiger partial charge is 0.480 e. The summed E-state index contributed by atoms with van der Waals surface area (Å²) in [6.07, 6.45) is 3.25. The maximum Gasteiger partial charge on any atom is 0.317 e. The SMILES string of the molecule is Cc1cc(C)c(CCN(CC(=O)O)C2CC2)cc1C. The average molecular weight is 261 g/mol. The molecule has 3 nitrogen and oxygen atoms in total. The molecule has 0 unspecified atom stereocenters. The van der Waals surface area contributed by atoms with Crippen LogP contribution in [0.4, 0.5) is 0 Å². The quantitative estimate of drug-likeness (QED) is 0.856. The summed E-state index contributed by atoms with van der Waals surface area (Å²) in [5, 5.41) is 8.95. The van der Waals surface area contributed by atoms with Crippen molar-refractivity contribution >= 4 is 5.97 Å². The summed E-state index contributed by atoms with van der Waals surface area (Å²) >= 11 is 0.